The van der Waals surface area contributed by atoms with Gasteiger partial charge in [0, 0.05) is 18.1 Å². The number of ether oxygens (including phenoxy) is 2. The zero-order valence-corrected chi connectivity index (χ0v) is 10.6. The highest BCUT2D eigenvalue weighted by atomic mass is 16.5. The van der Waals surface area contributed by atoms with E-state index in [9.17, 15) is 9.59 Å². The third-order valence-electron chi connectivity index (χ3n) is 3.26. The molecule has 0 N–H and O–H groups in total. The second-order valence-electron chi connectivity index (χ2n) is 4.38. The molecule has 1 aliphatic carbocycles. The van der Waals surface area contributed by atoms with Crippen molar-refractivity contribution in [2.75, 3.05) is 14.2 Å². The highest BCUT2D eigenvalue weighted by Crippen LogP contribution is 2.29. The van der Waals surface area contributed by atoms with Gasteiger partial charge in [-0.05, 0) is 25.0 Å². The SMILES string of the molecule is COc1cc(OC)cc(C(=O)C2CCCC2=O)c1. The van der Waals surface area contributed by atoms with Crippen molar-refractivity contribution < 1.29 is 19.1 Å². The molecule has 1 aromatic carbocycles. The minimum Gasteiger partial charge on any atom is -0.497 e. The van der Waals surface area contributed by atoms with Gasteiger partial charge in [0.05, 0.1) is 20.1 Å². The summed E-state index contributed by atoms with van der Waals surface area (Å²) < 4.78 is 10.2. The molecule has 4 heteroatoms. The summed E-state index contributed by atoms with van der Waals surface area (Å²) in [5.74, 6) is 0.546. The lowest BCUT2D eigenvalue weighted by Gasteiger charge is -2.10. The van der Waals surface area contributed by atoms with E-state index in [0.29, 0.717) is 29.9 Å². The molecule has 1 saturated carbocycles. The van der Waals surface area contributed by atoms with E-state index in [0.717, 1.165) is 6.42 Å². The van der Waals surface area contributed by atoms with Gasteiger partial charge in [-0.2, -0.15) is 0 Å². The molecule has 0 heterocycles. The molecule has 1 unspecified atom stereocenters. The summed E-state index contributed by atoms with van der Waals surface area (Å²) in [5, 5.41) is 0. The van der Waals surface area contributed by atoms with Gasteiger partial charge in [-0.15, -0.1) is 0 Å². The molecule has 0 saturated heterocycles. The molecule has 4 nitrogen and oxygen atoms in total. The van der Waals surface area contributed by atoms with E-state index in [1.54, 1.807) is 18.2 Å². The molecule has 1 aliphatic rings. The van der Waals surface area contributed by atoms with Crippen LogP contribution in [0.2, 0.25) is 0 Å². The maximum absolute atomic E-state index is 12.3. The highest BCUT2D eigenvalue weighted by Gasteiger charge is 2.31. The average molecular weight is 248 g/mol. The molecule has 0 radical (unpaired) electrons. The van der Waals surface area contributed by atoms with E-state index in [1.165, 1.54) is 14.2 Å². The fourth-order valence-corrected chi connectivity index (χ4v) is 2.24. The van der Waals surface area contributed by atoms with Crippen LogP contribution in [0.3, 0.4) is 0 Å². The van der Waals surface area contributed by atoms with Crippen LogP contribution in [0, 0.1) is 5.92 Å². The minimum absolute atomic E-state index is 0.0433. The van der Waals surface area contributed by atoms with Gasteiger partial charge in [0.25, 0.3) is 0 Å². The van der Waals surface area contributed by atoms with Crippen LogP contribution in [0.5, 0.6) is 11.5 Å². The Morgan fingerprint density at radius 3 is 2.22 bits per heavy atom. The second kappa shape index (κ2) is 5.21. The molecular weight excluding hydrogens is 232 g/mol. The van der Waals surface area contributed by atoms with Crippen molar-refractivity contribution in [3.8, 4) is 11.5 Å². The number of hydrogen-bond acceptors (Lipinski definition) is 4. The first-order valence-corrected chi connectivity index (χ1v) is 5.95. The van der Waals surface area contributed by atoms with Crippen LogP contribution in [0.25, 0.3) is 0 Å². The van der Waals surface area contributed by atoms with Crippen LogP contribution in [-0.2, 0) is 4.79 Å². The maximum Gasteiger partial charge on any atom is 0.173 e. The van der Waals surface area contributed by atoms with Gasteiger partial charge in [0.2, 0.25) is 0 Å². The number of Topliss-reactive ketones (excluding diaryl/α,β-unsaturated/α-hetero) is 2. The Morgan fingerprint density at radius 2 is 1.78 bits per heavy atom. The van der Waals surface area contributed by atoms with Gasteiger partial charge in [0.15, 0.2) is 5.78 Å². The Labute approximate surface area is 106 Å². The summed E-state index contributed by atoms with van der Waals surface area (Å²) in [6, 6.07) is 5.00. The lowest BCUT2D eigenvalue weighted by molar-refractivity contribution is -0.119. The van der Waals surface area contributed by atoms with Crippen LogP contribution in [0.4, 0.5) is 0 Å². The molecule has 2 rings (SSSR count). The van der Waals surface area contributed by atoms with Crippen LogP contribution in [0.15, 0.2) is 18.2 Å². The minimum atomic E-state index is -0.484. The number of benzene rings is 1. The molecule has 96 valence electrons. The number of carbonyl (C=O) groups excluding carboxylic acids is 2. The van der Waals surface area contributed by atoms with Gasteiger partial charge in [-0.25, -0.2) is 0 Å². The van der Waals surface area contributed by atoms with Crippen LogP contribution in [-0.4, -0.2) is 25.8 Å². The normalized spacial score (nSPS) is 18.8. The Bertz CT molecular complexity index is 456. The second-order valence-corrected chi connectivity index (χ2v) is 4.38. The predicted octanol–water partition coefficient (Wildman–Crippen LogP) is 2.26. The first-order valence-electron chi connectivity index (χ1n) is 5.95. The largest absolute Gasteiger partial charge is 0.497 e. The van der Waals surface area contributed by atoms with E-state index < -0.39 is 5.92 Å². The Morgan fingerprint density at radius 1 is 1.17 bits per heavy atom. The molecule has 1 fully saturated rings. The molecule has 1 aromatic rings. The number of methoxy groups -OCH3 is 2. The number of hydrogen-bond donors (Lipinski definition) is 0. The fourth-order valence-electron chi connectivity index (χ4n) is 2.24. The Balaban J connectivity index is 2.31. The van der Waals surface area contributed by atoms with E-state index >= 15 is 0 Å². The number of carbonyl (C=O) groups is 2. The lowest BCUT2D eigenvalue weighted by Crippen LogP contribution is -2.18. The number of rotatable bonds is 4. The lowest BCUT2D eigenvalue weighted by atomic mass is 9.95. The van der Waals surface area contributed by atoms with Crippen LogP contribution < -0.4 is 9.47 Å². The zero-order chi connectivity index (χ0) is 13.1. The molecule has 1 atom stereocenters. The van der Waals surface area contributed by atoms with Crippen molar-refractivity contribution in [3.63, 3.8) is 0 Å². The summed E-state index contributed by atoms with van der Waals surface area (Å²) in [4.78, 5) is 23.9. The fraction of sp³-hybridized carbons (Fsp3) is 0.429. The first-order chi connectivity index (χ1) is 8.65. The van der Waals surface area contributed by atoms with Crippen LogP contribution >= 0.6 is 0 Å². The van der Waals surface area contributed by atoms with Gasteiger partial charge in [-0.1, -0.05) is 0 Å². The Kier molecular flexibility index (Phi) is 3.65. The predicted molar refractivity (Wildman–Crippen MR) is 66.2 cm³/mol. The average Bonchev–Trinajstić information content (AvgIpc) is 2.83. The summed E-state index contributed by atoms with van der Waals surface area (Å²) in [7, 11) is 3.06. The highest BCUT2D eigenvalue weighted by molar-refractivity contribution is 6.11. The molecular formula is C14H16O4. The van der Waals surface area contributed by atoms with Gasteiger partial charge < -0.3 is 9.47 Å². The topological polar surface area (TPSA) is 52.6 Å². The molecule has 0 spiro atoms. The molecule has 0 aliphatic heterocycles. The quantitative estimate of drug-likeness (QED) is 0.605. The third kappa shape index (κ3) is 2.37. The monoisotopic (exact) mass is 248 g/mol. The zero-order valence-electron chi connectivity index (χ0n) is 10.6. The smallest absolute Gasteiger partial charge is 0.173 e. The van der Waals surface area contributed by atoms with Crippen molar-refractivity contribution in [1.82, 2.24) is 0 Å². The summed E-state index contributed by atoms with van der Waals surface area (Å²) in [5.41, 5.74) is 0.478. The maximum atomic E-state index is 12.3. The van der Waals surface area contributed by atoms with Crippen molar-refractivity contribution in [3.05, 3.63) is 23.8 Å². The van der Waals surface area contributed by atoms with Crippen molar-refractivity contribution in [1.29, 1.82) is 0 Å². The van der Waals surface area contributed by atoms with Crippen molar-refractivity contribution >= 4 is 11.6 Å². The molecule has 0 aromatic heterocycles. The van der Waals surface area contributed by atoms with Gasteiger partial charge in [0.1, 0.15) is 17.3 Å². The van der Waals surface area contributed by atoms with E-state index in [2.05, 4.69) is 0 Å². The summed E-state index contributed by atoms with van der Waals surface area (Å²) in [6.07, 6.45) is 1.96. The van der Waals surface area contributed by atoms with Gasteiger partial charge >= 0.3 is 0 Å². The molecule has 0 bridgehead atoms. The van der Waals surface area contributed by atoms with E-state index in [1.807, 2.05) is 0 Å². The Hall–Kier alpha value is -1.84. The third-order valence-corrected chi connectivity index (χ3v) is 3.26. The van der Waals surface area contributed by atoms with E-state index in [4.69, 9.17) is 9.47 Å². The standard InChI is InChI=1S/C14H16O4/c1-17-10-6-9(7-11(8-10)18-2)14(16)12-4-3-5-13(12)15/h6-8,12H,3-5H2,1-2H3. The van der Waals surface area contributed by atoms with Crippen molar-refractivity contribution in [2.24, 2.45) is 5.92 Å². The van der Waals surface area contributed by atoms with Gasteiger partial charge in [-0.3, -0.25) is 9.59 Å². The molecule has 0 amide bonds. The van der Waals surface area contributed by atoms with Crippen LogP contribution in [0.1, 0.15) is 29.6 Å². The number of ketones is 2. The summed E-state index contributed by atoms with van der Waals surface area (Å²) in [6.45, 7) is 0. The first kappa shape index (κ1) is 12.6. The molecule has 18 heavy (non-hydrogen) atoms. The van der Waals surface area contributed by atoms with Crippen molar-refractivity contribution in [2.45, 2.75) is 19.3 Å². The summed E-state index contributed by atoms with van der Waals surface area (Å²) >= 11 is 0. The van der Waals surface area contributed by atoms with E-state index in [-0.39, 0.29) is 11.6 Å².